The molecule has 7 heteroatoms. The molecule has 0 fully saturated rings. The van der Waals surface area contributed by atoms with Gasteiger partial charge in [0.25, 0.3) is 5.91 Å². The highest BCUT2D eigenvalue weighted by Gasteiger charge is 2.10. The molecule has 0 aliphatic rings. The molecule has 0 aliphatic carbocycles. The molecule has 0 unspecified atom stereocenters. The van der Waals surface area contributed by atoms with Crippen LogP contribution in [-0.2, 0) is 0 Å². The molecule has 5 nitrogen and oxygen atoms in total. The van der Waals surface area contributed by atoms with E-state index in [9.17, 15) is 4.79 Å². The smallest absolute Gasteiger partial charge is 0.258 e. The largest absolute Gasteiger partial charge is 0.322 e. The van der Waals surface area contributed by atoms with Gasteiger partial charge in [-0.15, -0.1) is 0 Å². The molecule has 0 bridgehead atoms. The van der Waals surface area contributed by atoms with Crippen molar-refractivity contribution < 1.29 is 4.79 Å². The number of rotatable bonds is 4. The monoisotopic (exact) mass is 372 g/mol. The number of halogens is 2. The number of para-hydroxylation sites is 1. The Hall–Kier alpha value is -2.63. The predicted molar refractivity (Wildman–Crippen MR) is 101 cm³/mol. The number of aryl methyl sites for hydroxylation is 1. The third-order valence-electron chi connectivity index (χ3n) is 3.39. The lowest BCUT2D eigenvalue weighted by Gasteiger charge is -2.09. The van der Waals surface area contributed by atoms with E-state index in [1.54, 1.807) is 18.2 Å². The van der Waals surface area contributed by atoms with Crippen molar-refractivity contribution in [2.75, 3.05) is 10.6 Å². The fraction of sp³-hybridized carbons (Fsp3) is 0.0556. The van der Waals surface area contributed by atoms with Gasteiger partial charge in [-0.1, -0.05) is 41.4 Å². The minimum absolute atomic E-state index is 0.284. The van der Waals surface area contributed by atoms with Crippen molar-refractivity contribution in [3.05, 3.63) is 76.0 Å². The van der Waals surface area contributed by atoms with E-state index in [1.165, 1.54) is 12.4 Å². The first-order valence-corrected chi connectivity index (χ1v) is 8.19. The molecular weight excluding hydrogens is 359 g/mol. The lowest BCUT2D eigenvalue weighted by atomic mass is 10.2. The molecule has 0 radical (unpaired) electrons. The highest BCUT2D eigenvalue weighted by molar-refractivity contribution is 6.39. The van der Waals surface area contributed by atoms with E-state index in [-0.39, 0.29) is 5.91 Å². The van der Waals surface area contributed by atoms with Gasteiger partial charge in [0.1, 0.15) is 0 Å². The van der Waals surface area contributed by atoms with Gasteiger partial charge in [-0.2, -0.15) is 0 Å². The molecule has 3 aromatic rings. The van der Waals surface area contributed by atoms with E-state index in [0.29, 0.717) is 27.2 Å². The van der Waals surface area contributed by atoms with Gasteiger partial charge in [-0.3, -0.25) is 4.79 Å². The first-order valence-electron chi connectivity index (χ1n) is 7.44. The maximum absolute atomic E-state index is 12.2. The van der Waals surface area contributed by atoms with Gasteiger partial charge < -0.3 is 10.6 Å². The average Bonchev–Trinajstić information content (AvgIpc) is 2.59. The zero-order chi connectivity index (χ0) is 17.8. The summed E-state index contributed by atoms with van der Waals surface area (Å²) in [6, 6.07) is 12.7. The molecule has 25 heavy (non-hydrogen) atoms. The van der Waals surface area contributed by atoms with Gasteiger partial charge in [0, 0.05) is 18.1 Å². The molecule has 0 saturated heterocycles. The molecule has 2 N–H and O–H groups in total. The second kappa shape index (κ2) is 7.51. The third kappa shape index (κ3) is 4.26. The molecule has 2 aromatic carbocycles. The first kappa shape index (κ1) is 17.2. The van der Waals surface area contributed by atoms with Gasteiger partial charge in [0.2, 0.25) is 5.95 Å². The summed E-state index contributed by atoms with van der Waals surface area (Å²) in [6.07, 6.45) is 2.87. The minimum atomic E-state index is -0.284. The fourth-order valence-electron chi connectivity index (χ4n) is 2.16. The Morgan fingerprint density at radius 3 is 2.28 bits per heavy atom. The number of hydrogen-bond acceptors (Lipinski definition) is 4. The van der Waals surface area contributed by atoms with E-state index in [4.69, 9.17) is 23.2 Å². The lowest BCUT2D eigenvalue weighted by molar-refractivity contribution is 0.102. The Bertz CT molecular complexity index is 893. The quantitative estimate of drug-likeness (QED) is 0.669. The van der Waals surface area contributed by atoms with Crippen molar-refractivity contribution in [2.45, 2.75) is 6.92 Å². The molecule has 0 aliphatic heterocycles. The second-order valence-corrected chi connectivity index (χ2v) is 6.16. The van der Waals surface area contributed by atoms with Crippen molar-refractivity contribution in [3.63, 3.8) is 0 Å². The van der Waals surface area contributed by atoms with Gasteiger partial charge >= 0.3 is 0 Å². The number of nitrogens with one attached hydrogen (secondary N) is 2. The summed E-state index contributed by atoms with van der Waals surface area (Å²) in [7, 11) is 0. The maximum Gasteiger partial charge on any atom is 0.258 e. The molecule has 1 amide bonds. The van der Waals surface area contributed by atoms with Crippen LogP contribution >= 0.6 is 23.2 Å². The van der Waals surface area contributed by atoms with Crippen LogP contribution < -0.4 is 10.6 Å². The van der Waals surface area contributed by atoms with Crippen molar-refractivity contribution in [1.29, 1.82) is 0 Å². The SMILES string of the molecule is Cc1cccc(NC(=O)c2cnc(Nc3c(Cl)cccc3Cl)nc2)c1. The van der Waals surface area contributed by atoms with E-state index >= 15 is 0 Å². The molecular formula is C18H14Cl2N4O. The molecule has 1 heterocycles. The minimum Gasteiger partial charge on any atom is -0.322 e. The summed E-state index contributed by atoms with van der Waals surface area (Å²) in [4.78, 5) is 20.5. The lowest BCUT2D eigenvalue weighted by Crippen LogP contribution is -2.13. The van der Waals surface area contributed by atoms with Gasteiger partial charge in [-0.05, 0) is 36.8 Å². The summed E-state index contributed by atoms with van der Waals surface area (Å²) in [5.74, 6) is 0.00929. The molecule has 0 saturated carbocycles. The number of nitrogens with zero attached hydrogens (tertiary/aromatic N) is 2. The normalized spacial score (nSPS) is 10.4. The van der Waals surface area contributed by atoms with Crippen molar-refractivity contribution >= 4 is 46.4 Å². The third-order valence-corrected chi connectivity index (χ3v) is 4.02. The Balaban J connectivity index is 1.72. The molecule has 126 valence electrons. The van der Waals surface area contributed by atoms with E-state index in [2.05, 4.69) is 20.6 Å². The van der Waals surface area contributed by atoms with Crippen LogP contribution in [0.3, 0.4) is 0 Å². The van der Waals surface area contributed by atoms with Crippen LogP contribution in [-0.4, -0.2) is 15.9 Å². The van der Waals surface area contributed by atoms with Crippen LogP contribution in [0.15, 0.2) is 54.9 Å². The standard InChI is InChI=1S/C18H14Cl2N4O/c1-11-4-2-5-13(8-11)23-17(25)12-9-21-18(22-10-12)24-16-14(19)6-3-7-15(16)20/h2-10H,1H3,(H,23,25)(H,21,22,24). The molecule has 1 aromatic heterocycles. The summed E-state index contributed by atoms with van der Waals surface area (Å²) < 4.78 is 0. The number of hydrogen-bond donors (Lipinski definition) is 2. The van der Waals surface area contributed by atoms with Crippen LogP contribution in [0, 0.1) is 6.92 Å². The Labute approximate surface area is 155 Å². The number of aromatic nitrogens is 2. The zero-order valence-electron chi connectivity index (χ0n) is 13.3. The van der Waals surface area contributed by atoms with Gasteiger partial charge in [-0.25, -0.2) is 9.97 Å². The number of anilines is 3. The molecule has 3 rings (SSSR count). The Morgan fingerprint density at radius 2 is 1.64 bits per heavy atom. The highest BCUT2D eigenvalue weighted by atomic mass is 35.5. The summed E-state index contributed by atoms with van der Waals surface area (Å²) in [5, 5.41) is 6.66. The summed E-state index contributed by atoms with van der Waals surface area (Å²) >= 11 is 12.2. The van der Waals surface area contributed by atoms with Crippen molar-refractivity contribution in [2.24, 2.45) is 0 Å². The maximum atomic E-state index is 12.2. The number of amides is 1. The first-order chi connectivity index (χ1) is 12.0. The number of carbonyl (C=O) groups excluding carboxylic acids is 1. The van der Waals surface area contributed by atoms with Crippen LogP contribution in [0.4, 0.5) is 17.3 Å². The van der Waals surface area contributed by atoms with Crippen molar-refractivity contribution in [3.8, 4) is 0 Å². The van der Waals surface area contributed by atoms with E-state index in [0.717, 1.165) is 11.3 Å². The zero-order valence-corrected chi connectivity index (χ0v) is 14.8. The van der Waals surface area contributed by atoms with E-state index < -0.39 is 0 Å². The van der Waals surface area contributed by atoms with Crippen molar-refractivity contribution in [1.82, 2.24) is 9.97 Å². The molecule has 0 spiro atoms. The summed E-state index contributed by atoms with van der Waals surface area (Å²) in [6.45, 7) is 1.96. The van der Waals surface area contributed by atoms with Gasteiger partial charge in [0.15, 0.2) is 0 Å². The van der Waals surface area contributed by atoms with E-state index in [1.807, 2.05) is 31.2 Å². The number of benzene rings is 2. The Kier molecular flexibility index (Phi) is 5.16. The number of carbonyl (C=O) groups is 1. The predicted octanol–water partition coefficient (Wildman–Crippen LogP) is 5.09. The fourth-order valence-corrected chi connectivity index (χ4v) is 2.66. The van der Waals surface area contributed by atoms with Crippen LogP contribution in [0.25, 0.3) is 0 Å². The topological polar surface area (TPSA) is 66.9 Å². The van der Waals surface area contributed by atoms with Crippen LogP contribution in [0.5, 0.6) is 0 Å². The van der Waals surface area contributed by atoms with Crippen LogP contribution in [0.1, 0.15) is 15.9 Å². The average molecular weight is 373 g/mol. The Morgan fingerprint density at radius 1 is 1.00 bits per heavy atom. The molecule has 0 atom stereocenters. The summed E-state index contributed by atoms with van der Waals surface area (Å²) in [5.41, 5.74) is 2.64. The second-order valence-electron chi connectivity index (χ2n) is 5.34. The van der Waals surface area contributed by atoms with Crippen LogP contribution in [0.2, 0.25) is 10.0 Å². The van der Waals surface area contributed by atoms with Gasteiger partial charge in [0.05, 0.1) is 21.3 Å². The highest BCUT2D eigenvalue weighted by Crippen LogP contribution is 2.31.